The number of pyridine rings is 1. The molecule has 3 heterocycles. The lowest BCUT2D eigenvalue weighted by atomic mass is 10.1. The second-order valence-electron chi connectivity index (χ2n) is 8.02. The molecule has 0 unspecified atom stereocenters. The zero-order valence-corrected chi connectivity index (χ0v) is 19.8. The van der Waals surface area contributed by atoms with Crippen molar-refractivity contribution in [3.05, 3.63) is 58.4 Å². The molecule has 10 heteroatoms. The maximum absolute atomic E-state index is 12.5. The Kier molecular flexibility index (Phi) is 6.62. The summed E-state index contributed by atoms with van der Waals surface area (Å²) in [5, 5.41) is 6.68. The average molecular weight is 468 g/mol. The van der Waals surface area contributed by atoms with Crippen LogP contribution in [0.5, 0.6) is 5.88 Å². The lowest BCUT2D eigenvalue weighted by Crippen LogP contribution is -2.27. The van der Waals surface area contributed by atoms with Gasteiger partial charge in [-0.1, -0.05) is 23.7 Å². The molecule has 9 nitrogen and oxygen atoms in total. The van der Waals surface area contributed by atoms with Gasteiger partial charge in [-0.15, -0.1) is 0 Å². The largest absolute Gasteiger partial charge is 0.480 e. The van der Waals surface area contributed by atoms with Crippen molar-refractivity contribution >= 4 is 40.6 Å². The molecule has 1 aliphatic rings. The highest BCUT2D eigenvalue weighted by Gasteiger charge is 2.20. The maximum atomic E-state index is 12.5. The molecule has 0 radical (unpaired) electrons. The van der Waals surface area contributed by atoms with Crippen molar-refractivity contribution in [2.24, 2.45) is 0 Å². The Morgan fingerprint density at radius 1 is 1.18 bits per heavy atom. The van der Waals surface area contributed by atoms with Gasteiger partial charge in [0.1, 0.15) is 10.7 Å². The minimum Gasteiger partial charge on any atom is -0.480 e. The summed E-state index contributed by atoms with van der Waals surface area (Å²) in [6.45, 7) is 1.77. The summed E-state index contributed by atoms with van der Waals surface area (Å²) < 4.78 is 5.50. The van der Waals surface area contributed by atoms with Gasteiger partial charge in [-0.3, -0.25) is 4.79 Å². The Bertz CT molecular complexity index is 1190. The van der Waals surface area contributed by atoms with Gasteiger partial charge in [0.25, 0.3) is 5.91 Å². The number of carbonyl (C=O) groups is 1. The first kappa shape index (κ1) is 22.8. The number of methoxy groups -OCH3 is 1. The van der Waals surface area contributed by atoms with Crippen LogP contribution in [0, 0.1) is 0 Å². The summed E-state index contributed by atoms with van der Waals surface area (Å²) in [5.41, 5.74) is 3.95. The van der Waals surface area contributed by atoms with Crippen LogP contribution in [0.4, 0.5) is 23.1 Å². The number of hydrogen-bond acceptors (Lipinski definition) is 8. The fourth-order valence-corrected chi connectivity index (χ4v) is 3.76. The molecule has 2 N–H and O–H groups in total. The van der Waals surface area contributed by atoms with E-state index in [0.29, 0.717) is 39.6 Å². The normalized spacial score (nSPS) is 13.2. The lowest BCUT2D eigenvalue weighted by molar-refractivity contribution is 0.0828. The zero-order chi connectivity index (χ0) is 23.5. The molecule has 1 amide bonds. The van der Waals surface area contributed by atoms with Crippen LogP contribution in [0.15, 0.2) is 36.5 Å². The topological polar surface area (TPSA) is 95.5 Å². The Morgan fingerprint density at radius 2 is 1.97 bits per heavy atom. The number of rotatable bonds is 6. The molecular weight excluding hydrogens is 442 g/mol. The van der Waals surface area contributed by atoms with Crippen molar-refractivity contribution in [2.75, 3.05) is 45.4 Å². The maximum Gasteiger partial charge on any atom is 0.255 e. The van der Waals surface area contributed by atoms with E-state index in [1.165, 1.54) is 11.1 Å². The molecule has 1 aromatic carbocycles. The van der Waals surface area contributed by atoms with Crippen LogP contribution in [0.3, 0.4) is 0 Å². The Hall–Kier alpha value is -3.43. The van der Waals surface area contributed by atoms with E-state index in [9.17, 15) is 4.79 Å². The molecule has 0 atom stereocenters. The quantitative estimate of drug-likeness (QED) is 0.566. The van der Waals surface area contributed by atoms with Crippen LogP contribution < -0.4 is 15.4 Å². The number of anilines is 4. The van der Waals surface area contributed by atoms with Crippen molar-refractivity contribution in [1.29, 1.82) is 0 Å². The van der Waals surface area contributed by atoms with Crippen molar-refractivity contribution in [2.45, 2.75) is 13.0 Å². The van der Waals surface area contributed by atoms with E-state index < -0.39 is 0 Å². The summed E-state index contributed by atoms with van der Waals surface area (Å²) in [6.07, 6.45) is 2.38. The van der Waals surface area contributed by atoms with Gasteiger partial charge in [0.15, 0.2) is 5.82 Å². The van der Waals surface area contributed by atoms with E-state index in [2.05, 4.69) is 37.5 Å². The minimum absolute atomic E-state index is 0.128. The van der Waals surface area contributed by atoms with Gasteiger partial charge in [-0.2, -0.15) is 4.98 Å². The SMILES string of the molecule is COc1nc2c(cc1Nc1ncc(Cl)c(Nc3ccccc3C(=O)N(C)C)n1)CN(C)CC2. The van der Waals surface area contributed by atoms with Crippen LogP contribution >= 0.6 is 11.6 Å². The Morgan fingerprint density at radius 3 is 2.73 bits per heavy atom. The molecule has 0 fully saturated rings. The summed E-state index contributed by atoms with van der Waals surface area (Å²) in [7, 11) is 7.08. The second-order valence-corrected chi connectivity index (χ2v) is 8.43. The average Bonchev–Trinajstić information content (AvgIpc) is 2.80. The van der Waals surface area contributed by atoms with E-state index in [0.717, 1.165) is 30.8 Å². The second kappa shape index (κ2) is 9.60. The van der Waals surface area contributed by atoms with Gasteiger partial charge in [0.05, 0.1) is 30.3 Å². The molecule has 0 saturated carbocycles. The van der Waals surface area contributed by atoms with Gasteiger partial charge in [-0.05, 0) is 30.8 Å². The number of hydrogen-bond donors (Lipinski definition) is 2. The highest BCUT2D eigenvalue weighted by atomic mass is 35.5. The molecule has 4 rings (SSSR count). The molecule has 0 aliphatic carbocycles. The van der Waals surface area contributed by atoms with E-state index >= 15 is 0 Å². The Labute approximate surface area is 197 Å². The first-order chi connectivity index (χ1) is 15.9. The van der Waals surface area contributed by atoms with Crippen LogP contribution in [-0.2, 0) is 13.0 Å². The molecule has 2 aromatic heterocycles. The third-order valence-electron chi connectivity index (χ3n) is 5.33. The van der Waals surface area contributed by atoms with Gasteiger partial charge in [0.2, 0.25) is 11.8 Å². The summed E-state index contributed by atoms with van der Waals surface area (Å²) in [5.74, 6) is 1.05. The van der Waals surface area contributed by atoms with Crippen LogP contribution in [0.25, 0.3) is 0 Å². The fraction of sp³-hybridized carbons (Fsp3) is 0.304. The van der Waals surface area contributed by atoms with Gasteiger partial charge in [0, 0.05) is 33.6 Å². The predicted octanol–water partition coefficient (Wildman–Crippen LogP) is 3.71. The number of carbonyl (C=O) groups excluding carboxylic acids is 1. The fourth-order valence-electron chi connectivity index (χ4n) is 3.62. The zero-order valence-electron chi connectivity index (χ0n) is 19.0. The monoisotopic (exact) mass is 467 g/mol. The van der Waals surface area contributed by atoms with E-state index in [-0.39, 0.29) is 5.91 Å². The summed E-state index contributed by atoms with van der Waals surface area (Å²) in [6, 6.07) is 9.22. The number of nitrogens with zero attached hydrogens (tertiary/aromatic N) is 5. The van der Waals surface area contributed by atoms with Crippen molar-refractivity contribution in [1.82, 2.24) is 24.8 Å². The van der Waals surface area contributed by atoms with Crippen LogP contribution in [0.2, 0.25) is 5.02 Å². The number of likely N-dealkylation sites (N-methyl/N-ethyl adjacent to an activating group) is 1. The number of nitrogens with one attached hydrogen (secondary N) is 2. The molecule has 33 heavy (non-hydrogen) atoms. The smallest absolute Gasteiger partial charge is 0.255 e. The number of amides is 1. The predicted molar refractivity (Wildman–Crippen MR) is 129 cm³/mol. The summed E-state index contributed by atoms with van der Waals surface area (Å²) >= 11 is 6.36. The van der Waals surface area contributed by atoms with E-state index in [1.54, 1.807) is 33.3 Å². The number of benzene rings is 1. The standard InChI is InChI=1S/C23H26ClN7O2/c1-30(2)22(32)15-7-5-6-8-18(15)26-20-16(24)12-25-23(29-20)28-19-11-14-13-31(3)10-9-17(14)27-21(19)33-4/h5-8,11-12H,9-10,13H2,1-4H3,(H2,25,26,28,29). The molecule has 0 bridgehead atoms. The first-order valence-corrected chi connectivity index (χ1v) is 10.9. The van der Waals surface area contributed by atoms with Crippen molar-refractivity contribution in [3.63, 3.8) is 0 Å². The molecule has 3 aromatic rings. The number of ether oxygens (including phenoxy) is 1. The van der Waals surface area contributed by atoms with Crippen molar-refractivity contribution < 1.29 is 9.53 Å². The molecule has 0 spiro atoms. The highest BCUT2D eigenvalue weighted by molar-refractivity contribution is 6.33. The van der Waals surface area contributed by atoms with Crippen LogP contribution in [0.1, 0.15) is 21.6 Å². The molecule has 172 valence electrons. The molecular formula is C23H26ClN7O2. The minimum atomic E-state index is -0.128. The van der Waals surface area contributed by atoms with Crippen LogP contribution in [-0.4, -0.2) is 65.5 Å². The third kappa shape index (κ3) is 4.99. The number of fused-ring (bicyclic) bond motifs is 1. The van der Waals surface area contributed by atoms with E-state index in [4.69, 9.17) is 16.3 Å². The lowest BCUT2D eigenvalue weighted by Gasteiger charge is -2.25. The Balaban J connectivity index is 1.63. The van der Waals surface area contributed by atoms with Gasteiger partial charge in [-0.25, -0.2) is 9.97 Å². The summed E-state index contributed by atoms with van der Waals surface area (Å²) in [4.78, 5) is 29.8. The van der Waals surface area contributed by atoms with Crippen molar-refractivity contribution in [3.8, 4) is 5.88 Å². The van der Waals surface area contributed by atoms with Gasteiger partial charge >= 0.3 is 0 Å². The number of aromatic nitrogens is 3. The first-order valence-electron chi connectivity index (χ1n) is 10.5. The highest BCUT2D eigenvalue weighted by Crippen LogP contribution is 2.31. The third-order valence-corrected chi connectivity index (χ3v) is 5.60. The van der Waals surface area contributed by atoms with E-state index in [1.807, 2.05) is 18.2 Å². The molecule has 1 aliphatic heterocycles. The number of para-hydroxylation sites is 1. The molecule has 0 saturated heterocycles. The van der Waals surface area contributed by atoms with Gasteiger partial charge < -0.3 is 25.2 Å². The number of halogens is 1.